The van der Waals surface area contributed by atoms with Crippen molar-refractivity contribution in [1.82, 2.24) is 4.98 Å². The molecule has 0 aliphatic heterocycles. The molecule has 0 aliphatic rings. The number of hydrogen-bond acceptors (Lipinski definition) is 4. The fourth-order valence-electron chi connectivity index (χ4n) is 1.61. The van der Waals surface area contributed by atoms with Crippen LogP contribution in [0.1, 0.15) is 17.2 Å². The number of nitrogens with zero attached hydrogens (tertiary/aromatic N) is 1. The van der Waals surface area contributed by atoms with Crippen LogP contribution in [0.4, 0.5) is 5.69 Å². The molecule has 0 bridgehead atoms. The van der Waals surface area contributed by atoms with Gasteiger partial charge in [0.1, 0.15) is 6.10 Å². The second kappa shape index (κ2) is 5.21. The highest BCUT2D eigenvalue weighted by atomic mass is 32.2. The number of nitrogens with two attached hydrogens (primary N) is 1. The fraction of sp³-hybridized carbons (Fsp3) is 0.154. The van der Waals surface area contributed by atoms with Crippen LogP contribution in [-0.4, -0.2) is 16.3 Å². The molecule has 3 N–H and O–H groups in total. The Hall–Kier alpha value is -1.52. The molecule has 0 aliphatic carbocycles. The van der Waals surface area contributed by atoms with Gasteiger partial charge in [0.25, 0.3) is 0 Å². The first-order valence-corrected chi connectivity index (χ1v) is 6.46. The van der Waals surface area contributed by atoms with Gasteiger partial charge in [0, 0.05) is 28.5 Å². The van der Waals surface area contributed by atoms with E-state index in [9.17, 15) is 5.11 Å². The highest BCUT2D eigenvalue weighted by Crippen LogP contribution is 2.27. The van der Waals surface area contributed by atoms with Crippen LogP contribution in [0.3, 0.4) is 0 Å². The van der Waals surface area contributed by atoms with E-state index in [1.165, 1.54) is 4.90 Å². The number of pyridine rings is 1. The fourth-order valence-corrected chi connectivity index (χ4v) is 2.02. The van der Waals surface area contributed by atoms with E-state index in [2.05, 4.69) is 4.98 Å². The third-order valence-electron chi connectivity index (χ3n) is 2.61. The van der Waals surface area contributed by atoms with Crippen LogP contribution in [-0.2, 0) is 0 Å². The van der Waals surface area contributed by atoms with E-state index in [0.717, 1.165) is 5.56 Å². The minimum absolute atomic E-state index is 0.557. The standard InChI is InChI=1S/C13H14N2OS/c1-17-10-4-2-9(3-5-10)13(16)11-8-15-7-6-12(11)14/h2-8,13,16H,1H3,(H2,14,15). The van der Waals surface area contributed by atoms with Gasteiger partial charge in [-0.3, -0.25) is 4.98 Å². The molecule has 0 fully saturated rings. The molecule has 2 aromatic rings. The Balaban J connectivity index is 2.30. The molecule has 88 valence electrons. The van der Waals surface area contributed by atoms with Gasteiger partial charge in [0.15, 0.2) is 0 Å². The van der Waals surface area contributed by atoms with Crippen LogP contribution in [0, 0.1) is 0 Å². The number of aromatic nitrogens is 1. The van der Waals surface area contributed by atoms with Crippen molar-refractivity contribution in [2.75, 3.05) is 12.0 Å². The molecule has 0 saturated heterocycles. The van der Waals surface area contributed by atoms with Crippen molar-refractivity contribution in [2.24, 2.45) is 0 Å². The predicted molar refractivity (Wildman–Crippen MR) is 70.9 cm³/mol. The first kappa shape index (κ1) is 12.0. The summed E-state index contributed by atoms with van der Waals surface area (Å²) in [5.41, 5.74) is 7.83. The SMILES string of the molecule is CSc1ccc(C(O)c2cnccc2N)cc1. The number of aliphatic hydroxyl groups excluding tert-OH is 1. The van der Waals surface area contributed by atoms with Gasteiger partial charge >= 0.3 is 0 Å². The van der Waals surface area contributed by atoms with E-state index < -0.39 is 6.10 Å². The molecular weight excluding hydrogens is 232 g/mol. The van der Waals surface area contributed by atoms with Gasteiger partial charge in [-0.25, -0.2) is 0 Å². The zero-order valence-corrected chi connectivity index (χ0v) is 10.3. The summed E-state index contributed by atoms with van der Waals surface area (Å²) in [4.78, 5) is 5.15. The molecule has 2 rings (SSSR count). The lowest BCUT2D eigenvalue weighted by Crippen LogP contribution is -2.04. The lowest BCUT2D eigenvalue weighted by atomic mass is 10.0. The van der Waals surface area contributed by atoms with E-state index >= 15 is 0 Å². The molecular formula is C13H14N2OS. The quantitative estimate of drug-likeness (QED) is 0.817. The first-order valence-electron chi connectivity index (χ1n) is 5.24. The monoisotopic (exact) mass is 246 g/mol. The van der Waals surface area contributed by atoms with Crippen molar-refractivity contribution >= 4 is 17.4 Å². The van der Waals surface area contributed by atoms with Gasteiger partial charge in [0.2, 0.25) is 0 Å². The maximum atomic E-state index is 10.2. The summed E-state index contributed by atoms with van der Waals surface area (Å²) < 4.78 is 0. The van der Waals surface area contributed by atoms with Crippen LogP contribution < -0.4 is 5.73 Å². The molecule has 1 aromatic carbocycles. The molecule has 4 heteroatoms. The second-order valence-electron chi connectivity index (χ2n) is 3.68. The molecule has 3 nitrogen and oxygen atoms in total. The molecule has 0 amide bonds. The van der Waals surface area contributed by atoms with Crippen molar-refractivity contribution in [3.8, 4) is 0 Å². The van der Waals surface area contributed by atoms with Crippen molar-refractivity contribution in [3.63, 3.8) is 0 Å². The summed E-state index contributed by atoms with van der Waals surface area (Å²) in [5, 5.41) is 10.2. The molecule has 0 saturated carbocycles. The number of benzene rings is 1. The third kappa shape index (κ3) is 2.60. The highest BCUT2D eigenvalue weighted by Gasteiger charge is 2.13. The Morgan fingerprint density at radius 3 is 2.53 bits per heavy atom. The number of thioether (sulfide) groups is 1. The Labute approximate surface area is 105 Å². The second-order valence-corrected chi connectivity index (χ2v) is 4.56. The average molecular weight is 246 g/mol. The minimum Gasteiger partial charge on any atom is -0.398 e. The third-order valence-corrected chi connectivity index (χ3v) is 3.36. The van der Waals surface area contributed by atoms with Crippen LogP contribution in [0.15, 0.2) is 47.6 Å². The number of nitrogen functional groups attached to an aromatic ring is 1. The van der Waals surface area contributed by atoms with Crippen LogP contribution >= 0.6 is 11.8 Å². The topological polar surface area (TPSA) is 59.1 Å². The van der Waals surface area contributed by atoms with Crippen molar-refractivity contribution in [1.29, 1.82) is 0 Å². The van der Waals surface area contributed by atoms with E-state index in [4.69, 9.17) is 5.73 Å². The van der Waals surface area contributed by atoms with Gasteiger partial charge in [-0.15, -0.1) is 11.8 Å². The largest absolute Gasteiger partial charge is 0.398 e. The van der Waals surface area contributed by atoms with Crippen molar-refractivity contribution in [2.45, 2.75) is 11.0 Å². The summed E-state index contributed by atoms with van der Waals surface area (Å²) in [6.45, 7) is 0. The van der Waals surface area contributed by atoms with E-state index in [0.29, 0.717) is 11.3 Å². The van der Waals surface area contributed by atoms with Gasteiger partial charge < -0.3 is 10.8 Å². The lowest BCUT2D eigenvalue weighted by Gasteiger charge is -2.13. The molecule has 0 radical (unpaired) electrons. The molecule has 1 atom stereocenters. The maximum Gasteiger partial charge on any atom is 0.108 e. The zero-order valence-electron chi connectivity index (χ0n) is 9.50. The van der Waals surface area contributed by atoms with E-state index in [-0.39, 0.29) is 0 Å². The van der Waals surface area contributed by atoms with E-state index in [1.807, 2.05) is 30.5 Å². The number of anilines is 1. The normalized spacial score (nSPS) is 12.4. The van der Waals surface area contributed by atoms with Crippen molar-refractivity contribution < 1.29 is 5.11 Å². The molecule has 0 spiro atoms. The van der Waals surface area contributed by atoms with Gasteiger partial charge in [-0.2, -0.15) is 0 Å². The molecule has 1 unspecified atom stereocenters. The summed E-state index contributed by atoms with van der Waals surface area (Å²) >= 11 is 1.67. The van der Waals surface area contributed by atoms with Crippen LogP contribution in [0.2, 0.25) is 0 Å². The number of rotatable bonds is 3. The van der Waals surface area contributed by atoms with Gasteiger partial charge in [-0.05, 0) is 30.0 Å². The van der Waals surface area contributed by atoms with E-state index in [1.54, 1.807) is 30.2 Å². The summed E-state index contributed by atoms with van der Waals surface area (Å²) in [6, 6.07) is 9.46. The Bertz CT molecular complexity index is 499. The maximum absolute atomic E-state index is 10.2. The summed E-state index contributed by atoms with van der Waals surface area (Å²) in [5.74, 6) is 0. The Kier molecular flexibility index (Phi) is 3.66. The molecule has 17 heavy (non-hydrogen) atoms. The number of aliphatic hydroxyl groups is 1. The zero-order chi connectivity index (χ0) is 12.3. The lowest BCUT2D eigenvalue weighted by molar-refractivity contribution is 0.220. The molecule has 1 heterocycles. The predicted octanol–water partition coefficient (Wildman–Crippen LogP) is 2.47. The van der Waals surface area contributed by atoms with Crippen LogP contribution in [0.25, 0.3) is 0 Å². The van der Waals surface area contributed by atoms with Gasteiger partial charge in [0.05, 0.1) is 0 Å². The minimum atomic E-state index is -0.723. The Morgan fingerprint density at radius 2 is 1.94 bits per heavy atom. The molecule has 1 aromatic heterocycles. The summed E-state index contributed by atoms with van der Waals surface area (Å²) in [6.07, 6.45) is 4.51. The first-order chi connectivity index (χ1) is 8.22. The highest BCUT2D eigenvalue weighted by molar-refractivity contribution is 7.98. The average Bonchev–Trinajstić information content (AvgIpc) is 2.39. The summed E-state index contributed by atoms with van der Waals surface area (Å²) in [7, 11) is 0. The Morgan fingerprint density at radius 1 is 1.24 bits per heavy atom. The number of hydrogen-bond donors (Lipinski definition) is 2. The van der Waals surface area contributed by atoms with Gasteiger partial charge in [-0.1, -0.05) is 12.1 Å². The van der Waals surface area contributed by atoms with Crippen molar-refractivity contribution in [3.05, 3.63) is 53.9 Å². The van der Waals surface area contributed by atoms with Crippen LogP contribution in [0.5, 0.6) is 0 Å². The smallest absolute Gasteiger partial charge is 0.108 e.